The highest BCUT2D eigenvalue weighted by molar-refractivity contribution is 5.96. The molecule has 1 heterocycles. The number of likely N-dealkylation sites (N-methyl/N-ethyl adjacent to an activating group) is 1. The Morgan fingerprint density at radius 3 is 2.40 bits per heavy atom. The van der Waals surface area contributed by atoms with Gasteiger partial charge in [0.1, 0.15) is 0 Å². The number of carbonyl (C=O) groups excluding carboxylic acids is 2. The lowest BCUT2D eigenvalue weighted by molar-refractivity contribution is 0.0983. The largest absolute Gasteiger partial charge is 0.338 e. The smallest absolute Gasteiger partial charge is 0.317 e. The Morgan fingerprint density at radius 1 is 1.08 bits per heavy atom. The summed E-state index contributed by atoms with van der Waals surface area (Å²) in [5.74, 6) is 0.0418. The molecule has 0 radical (unpaired) electrons. The fourth-order valence-electron chi connectivity index (χ4n) is 2.50. The van der Waals surface area contributed by atoms with Crippen molar-refractivity contribution < 1.29 is 9.59 Å². The lowest BCUT2D eigenvalue weighted by Crippen LogP contribution is -2.41. The number of rotatable bonds is 8. The van der Waals surface area contributed by atoms with Gasteiger partial charge in [-0.1, -0.05) is 29.8 Å². The first kappa shape index (κ1) is 18.6. The summed E-state index contributed by atoms with van der Waals surface area (Å²) in [4.78, 5) is 30.1. The van der Waals surface area contributed by atoms with E-state index in [0.29, 0.717) is 31.6 Å². The van der Waals surface area contributed by atoms with E-state index in [1.54, 1.807) is 17.3 Å². The molecule has 0 aliphatic rings. The van der Waals surface area contributed by atoms with Crippen molar-refractivity contribution in [3.63, 3.8) is 0 Å². The fraction of sp³-hybridized carbons (Fsp3) is 0.350. The number of ketones is 1. The van der Waals surface area contributed by atoms with Crippen molar-refractivity contribution in [3.8, 4) is 0 Å². The molecule has 0 fully saturated rings. The summed E-state index contributed by atoms with van der Waals surface area (Å²) >= 11 is 0. The summed E-state index contributed by atoms with van der Waals surface area (Å²) in [6, 6.07) is 11.3. The summed E-state index contributed by atoms with van der Waals surface area (Å²) in [7, 11) is 0. The van der Waals surface area contributed by atoms with Crippen LogP contribution in [-0.2, 0) is 6.42 Å². The van der Waals surface area contributed by atoms with E-state index in [0.717, 1.165) is 17.5 Å². The number of urea groups is 1. The van der Waals surface area contributed by atoms with E-state index in [2.05, 4.69) is 10.3 Å². The molecule has 5 heteroatoms. The highest BCUT2D eigenvalue weighted by atomic mass is 16.2. The molecule has 0 spiro atoms. The van der Waals surface area contributed by atoms with Crippen LogP contribution in [-0.4, -0.2) is 41.3 Å². The number of pyridine rings is 1. The summed E-state index contributed by atoms with van der Waals surface area (Å²) in [6.45, 7) is 5.54. The molecular weight excluding hydrogens is 314 g/mol. The Kier molecular flexibility index (Phi) is 7.14. The van der Waals surface area contributed by atoms with E-state index in [-0.39, 0.29) is 11.8 Å². The molecule has 1 aromatic carbocycles. The first-order valence-corrected chi connectivity index (χ1v) is 8.61. The molecule has 0 bridgehead atoms. The Labute approximate surface area is 149 Å². The van der Waals surface area contributed by atoms with Crippen molar-refractivity contribution in [3.05, 3.63) is 65.5 Å². The van der Waals surface area contributed by atoms with Crippen molar-refractivity contribution in [2.75, 3.05) is 19.6 Å². The topological polar surface area (TPSA) is 62.3 Å². The van der Waals surface area contributed by atoms with Gasteiger partial charge < -0.3 is 10.2 Å². The number of nitrogens with zero attached hydrogens (tertiary/aromatic N) is 2. The van der Waals surface area contributed by atoms with Crippen molar-refractivity contribution in [1.82, 2.24) is 15.2 Å². The van der Waals surface area contributed by atoms with Gasteiger partial charge >= 0.3 is 6.03 Å². The highest BCUT2D eigenvalue weighted by Crippen LogP contribution is 2.06. The molecule has 2 aromatic rings. The van der Waals surface area contributed by atoms with E-state index >= 15 is 0 Å². The van der Waals surface area contributed by atoms with Crippen LogP contribution in [0.4, 0.5) is 4.79 Å². The fourth-order valence-corrected chi connectivity index (χ4v) is 2.50. The van der Waals surface area contributed by atoms with E-state index in [9.17, 15) is 9.59 Å². The van der Waals surface area contributed by atoms with Gasteiger partial charge in [0.05, 0.1) is 0 Å². The predicted octanol–water partition coefficient (Wildman–Crippen LogP) is 3.24. The maximum atomic E-state index is 12.2. The second-order valence-corrected chi connectivity index (χ2v) is 5.96. The monoisotopic (exact) mass is 339 g/mol. The van der Waals surface area contributed by atoms with Crippen LogP contribution in [0, 0.1) is 6.92 Å². The van der Waals surface area contributed by atoms with Gasteiger partial charge in [-0.15, -0.1) is 0 Å². The SMILES string of the molecule is CCN(CCc1ccncc1)C(=O)NCCC(=O)c1ccc(C)cc1. The zero-order valence-electron chi connectivity index (χ0n) is 14.9. The average molecular weight is 339 g/mol. The number of aryl methyl sites for hydroxylation is 1. The second kappa shape index (κ2) is 9.57. The van der Waals surface area contributed by atoms with Crippen LogP contribution >= 0.6 is 0 Å². The number of hydrogen-bond donors (Lipinski definition) is 1. The lowest BCUT2D eigenvalue weighted by Gasteiger charge is -2.21. The van der Waals surface area contributed by atoms with E-state index in [1.807, 2.05) is 50.2 Å². The summed E-state index contributed by atoms with van der Waals surface area (Å²) in [5.41, 5.74) is 2.96. The summed E-state index contributed by atoms with van der Waals surface area (Å²) < 4.78 is 0. The van der Waals surface area contributed by atoms with Gasteiger partial charge in [0.15, 0.2) is 5.78 Å². The van der Waals surface area contributed by atoms with E-state index in [4.69, 9.17) is 0 Å². The van der Waals surface area contributed by atoms with Crippen LogP contribution in [0.15, 0.2) is 48.8 Å². The zero-order valence-corrected chi connectivity index (χ0v) is 14.9. The molecular formula is C20H25N3O2. The molecule has 0 atom stereocenters. The standard InChI is InChI=1S/C20H25N3O2/c1-3-23(15-11-17-8-12-21-13-9-17)20(25)22-14-10-19(24)18-6-4-16(2)5-7-18/h4-9,12-13H,3,10-11,14-15H2,1-2H3,(H,22,25). The quantitative estimate of drug-likeness (QED) is 0.751. The van der Waals surface area contributed by atoms with Crippen LogP contribution in [0.25, 0.3) is 0 Å². The Bertz CT molecular complexity index is 684. The van der Waals surface area contributed by atoms with Gasteiger partial charge in [-0.05, 0) is 38.0 Å². The Morgan fingerprint density at radius 2 is 1.76 bits per heavy atom. The number of hydrogen-bond acceptors (Lipinski definition) is 3. The third kappa shape index (κ3) is 6.03. The van der Waals surface area contributed by atoms with Crippen molar-refractivity contribution >= 4 is 11.8 Å². The predicted molar refractivity (Wildman–Crippen MR) is 98.7 cm³/mol. The average Bonchev–Trinajstić information content (AvgIpc) is 2.63. The molecule has 2 amide bonds. The van der Waals surface area contributed by atoms with Gasteiger partial charge in [-0.25, -0.2) is 4.79 Å². The minimum Gasteiger partial charge on any atom is -0.338 e. The van der Waals surface area contributed by atoms with Gasteiger partial charge in [0, 0.05) is 44.0 Å². The maximum Gasteiger partial charge on any atom is 0.317 e. The van der Waals surface area contributed by atoms with Crippen molar-refractivity contribution in [2.24, 2.45) is 0 Å². The molecule has 0 saturated carbocycles. The van der Waals surface area contributed by atoms with Crippen LogP contribution < -0.4 is 5.32 Å². The van der Waals surface area contributed by atoms with Crippen molar-refractivity contribution in [1.29, 1.82) is 0 Å². The number of benzene rings is 1. The van der Waals surface area contributed by atoms with Crippen LogP contribution in [0.3, 0.4) is 0 Å². The number of aromatic nitrogens is 1. The lowest BCUT2D eigenvalue weighted by atomic mass is 10.1. The molecule has 132 valence electrons. The van der Waals surface area contributed by atoms with E-state index < -0.39 is 0 Å². The minimum atomic E-state index is -0.131. The number of carbonyl (C=O) groups is 2. The number of amides is 2. The molecule has 2 rings (SSSR count). The third-order valence-electron chi connectivity index (χ3n) is 4.09. The van der Waals surface area contributed by atoms with Crippen molar-refractivity contribution in [2.45, 2.75) is 26.7 Å². The number of nitrogens with one attached hydrogen (secondary N) is 1. The van der Waals surface area contributed by atoms with Crippen LogP contribution in [0.1, 0.15) is 34.8 Å². The normalized spacial score (nSPS) is 10.3. The molecule has 0 unspecified atom stereocenters. The van der Waals surface area contributed by atoms with Gasteiger partial charge in [0.25, 0.3) is 0 Å². The highest BCUT2D eigenvalue weighted by Gasteiger charge is 2.12. The van der Waals surface area contributed by atoms with E-state index in [1.165, 1.54) is 0 Å². The van der Waals surface area contributed by atoms with Gasteiger partial charge in [0.2, 0.25) is 0 Å². The minimum absolute atomic E-state index is 0.0418. The maximum absolute atomic E-state index is 12.2. The molecule has 5 nitrogen and oxygen atoms in total. The zero-order chi connectivity index (χ0) is 18.1. The van der Waals surface area contributed by atoms with Gasteiger partial charge in [-0.2, -0.15) is 0 Å². The Hall–Kier alpha value is -2.69. The molecule has 0 aliphatic carbocycles. The van der Waals surface area contributed by atoms with Crippen LogP contribution in [0.2, 0.25) is 0 Å². The summed E-state index contributed by atoms with van der Waals surface area (Å²) in [5, 5.41) is 2.84. The van der Waals surface area contributed by atoms with Gasteiger partial charge in [-0.3, -0.25) is 9.78 Å². The molecule has 25 heavy (non-hydrogen) atoms. The first-order valence-electron chi connectivity index (χ1n) is 8.61. The second-order valence-electron chi connectivity index (χ2n) is 5.96. The molecule has 1 aromatic heterocycles. The molecule has 1 N–H and O–H groups in total. The summed E-state index contributed by atoms with van der Waals surface area (Å²) in [6.07, 6.45) is 4.59. The Balaban J connectivity index is 1.75. The van der Waals surface area contributed by atoms with Crippen LogP contribution in [0.5, 0.6) is 0 Å². The number of Topliss-reactive ketones (excluding diaryl/α,β-unsaturated/α-hetero) is 1. The first-order chi connectivity index (χ1) is 12.1. The molecule has 0 aliphatic heterocycles. The molecule has 0 saturated heterocycles. The third-order valence-corrected chi connectivity index (χ3v) is 4.09.